The minimum absolute atomic E-state index is 0.170. The average molecular weight is 279 g/mol. The number of likely N-dealkylation sites (tertiary alicyclic amines) is 1. The van der Waals surface area contributed by atoms with E-state index in [0.717, 1.165) is 19.4 Å². The maximum Gasteiger partial charge on any atom is 0.323 e. The van der Waals surface area contributed by atoms with Crippen molar-refractivity contribution in [3.63, 3.8) is 0 Å². The first kappa shape index (κ1) is 14.7. The minimum atomic E-state index is -0.867. The molecule has 0 aromatic heterocycles. The van der Waals surface area contributed by atoms with Crippen molar-refractivity contribution in [2.75, 3.05) is 13.7 Å². The molecule has 0 spiro atoms. The summed E-state index contributed by atoms with van der Waals surface area (Å²) < 4.78 is 5.15. The van der Waals surface area contributed by atoms with Gasteiger partial charge in [-0.05, 0) is 50.9 Å². The Balaban J connectivity index is 2.25. The second-order valence-electron chi connectivity index (χ2n) is 5.45. The molecule has 0 radical (unpaired) electrons. The van der Waals surface area contributed by atoms with Crippen LogP contribution in [0.15, 0.2) is 18.2 Å². The van der Waals surface area contributed by atoms with Crippen LogP contribution in [0.3, 0.4) is 0 Å². The number of carboxylic acids is 1. The lowest BCUT2D eigenvalue weighted by Gasteiger charge is -2.41. The molecule has 0 amide bonds. The van der Waals surface area contributed by atoms with Crippen LogP contribution in [0.2, 0.25) is 0 Å². The topological polar surface area (TPSA) is 70.0 Å². The molecule has 5 heteroatoms. The third kappa shape index (κ3) is 2.72. The van der Waals surface area contributed by atoms with Gasteiger partial charge in [-0.2, -0.15) is 0 Å². The lowest BCUT2D eigenvalue weighted by molar-refractivity contribution is -0.153. The van der Waals surface area contributed by atoms with Crippen LogP contribution in [0.25, 0.3) is 0 Å². The van der Waals surface area contributed by atoms with E-state index in [1.54, 1.807) is 32.2 Å². The molecule has 2 N–H and O–H groups in total. The second-order valence-corrected chi connectivity index (χ2v) is 5.45. The Morgan fingerprint density at radius 3 is 2.85 bits per heavy atom. The second kappa shape index (κ2) is 5.71. The summed E-state index contributed by atoms with van der Waals surface area (Å²) in [7, 11) is 1.57. The predicted octanol–water partition coefficient (Wildman–Crippen LogP) is 2.23. The molecule has 1 aromatic carbocycles. The molecule has 1 aliphatic heterocycles. The molecular weight excluding hydrogens is 258 g/mol. The fraction of sp³-hybridized carbons (Fsp3) is 0.533. The number of rotatable bonds is 4. The van der Waals surface area contributed by atoms with Gasteiger partial charge in [-0.3, -0.25) is 9.69 Å². The first-order valence-corrected chi connectivity index (χ1v) is 6.81. The smallest absolute Gasteiger partial charge is 0.323 e. The van der Waals surface area contributed by atoms with E-state index in [1.165, 1.54) is 0 Å². The maximum atomic E-state index is 11.6. The molecule has 1 fully saturated rings. The highest BCUT2D eigenvalue weighted by molar-refractivity contribution is 5.78. The van der Waals surface area contributed by atoms with Crippen molar-refractivity contribution < 1.29 is 19.7 Å². The number of aromatic hydroxyl groups is 1. The summed E-state index contributed by atoms with van der Waals surface area (Å²) in [6.07, 6.45) is 2.53. The number of hydrogen-bond donors (Lipinski definition) is 2. The Morgan fingerprint density at radius 1 is 1.45 bits per heavy atom. The molecule has 0 saturated carbocycles. The molecule has 110 valence electrons. The SMILES string of the molecule is COc1ccc(O)c(CN2CCCCC2(C)C(=O)O)c1. The van der Waals surface area contributed by atoms with Crippen LogP contribution in [0, 0.1) is 0 Å². The van der Waals surface area contributed by atoms with Crippen LogP contribution in [-0.4, -0.2) is 40.3 Å². The molecule has 1 atom stereocenters. The summed E-state index contributed by atoms with van der Waals surface area (Å²) >= 11 is 0. The minimum Gasteiger partial charge on any atom is -0.508 e. The summed E-state index contributed by atoms with van der Waals surface area (Å²) in [4.78, 5) is 13.5. The lowest BCUT2D eigenvalue weighted by atomic mass is 9.88. The van der Waals surface area contributed by atoms with Crippen molar-refractivity contribution in [2.24, 2.45) is 0 Å². The van der Waals surface area contributed by atoms with Crippen molar-refractivity contribution >= 4 is 5.97 Å². The van der Waals surface area contributed by atoms with E-state index in [9.17, 15) is 15.0 Å². The number of hydrogen-bond acceptors (Lipinski definition) is 4. The summed E-state index contributed by atoms with van der Waals surface area (Å²) in [6.45, 7) is 2.89. The normalized spacial score (nSPS) is 23.5. The number of benzene rings is 1. The molecule has 1 saturated heterocycles. The van der Waals surface area contributed by atoms with Crippen molar-refractivity contribution in [3.8, 4) is 11.5 Å². The third-order valence-corrected chi connectivity index (χ3v) is 4.15. The fourth-order valence-corrected chi connectivity index (χ4v) is 2.69. The number of aliphatic carboxylic acids is 1. The van der Waals surface area contributed by atoms with Gasteiger partial charge >= 0.3 is 5.97 Å². The van der Waals surface area contributed by atoms with Gasteiger partial charge in [0, 0.05) is 12.1 Å². The number of methoxy groups -OCH3 is 1. The zero-order valence-corrected chi connectivity index (χ0v) is 11.9. The molecule has 0 bridgehead atoms. The van der Waals surface area contributed by atoms with Gasteiger partial charge in [0.05, 0.1) is 7.11 Å². The van der Waals surface area contributed by atoms with E-state index in [0.29, 0.717) is 24.3 Å². The van der Waals surface area contributed by atoms with Crippen molar-refractivity contribution in [1.82, 2.24) is 4.90 Å². The molecular formula is C15H21NO4. The van der Waals surface area contributed by atoms with Gasteiger partial charge in [-0.15, -0.1) is 0 Å². The van der Waals surface area contributed by atoms with Gasteiger partial charge in [-0.1, -0.05) is 0 Å². The molecule has 1 aliphatic rings. The number of phenolic OH excluding ortho intramolecular Hbond substituents is 1. The van der Waals surface area contributed by atoms with Gasteiger partial charge in [0.1, 0.15) is 17.0 Å². The molecule has 1 aromatic rings. The number of carboxylic acid groups (broad SMARTS) is 1. The van der Waals surface area contributed by atoms with E-state index in [2.05, 4.69) is 0 Å². The number of ether oxygens (including phenoxy) is 1. The molecule has 1 unspecified atom stereocenters. The van der Waals surface area contributed by atoms with Gasteiger partial charge < -0.3 is 14.9 Å². The molecule has 5 nitrogen and oxygen atoms in total. The Bertz CT molecular complexity index is 503. The average Bonchev–Trinajstić information content (AvgIpc) is 2.43. The highest BCUT2D eigenvalue weighted by Crippen LogP contribution is 2.32. The monoisotopic (exact) mass is 279 g/mol. The molecule has 20 heavy (non-hydrogen) atoms. The highest BCUT2D eigenvalue weighted by atomic mass is 16.5. The zero-order chi connectivity index (χ0) is 14.8. The van der Waals surface area contributed by atoms with E-state index in [4.69, 9.17) is 4.74 Å². The molecule has 0 aliphatic carbocycles. The Hall–Kier alpha value is -1.75. The highest BCUT2D eigenvalue weighted by Gasteiger charge is 2.41. The van der Waals surface area contributed by atoms with Crippen molar-refractivity contribution in [3.05, 3.63) is 23.8 Å². The van der Waals surface area contributed by atoms with Crippen LogP contribution >= 0.6 is 0 Å². The number of piperidine rings is 1. The summed E-state index contributed by atoms with van der Waals surface area (Å²) in [5.41, 5.74) is -0.174. The van der Waals surface area contributed by atoms with Gasteiger partial charge in [-0.25, -0.2) is 0 Å². The molecule has 1 heterocycles. The van der Waals surface area contributed by atoms with Crippen LogP contribution in [0.4, 0.5) is 0 Å². The van der Waals surface area contributed by atoms with Crippen molar-refractivity contribution in [2.45, 2.75) is 38.3 Å². The van der Waals surface area contributed by atoms with Gasteiger partial charge in [0.2, 0.25) is 0 Å². The van der Waals surface area contributed by atoms with Crippen LogP contribution in [0.1, 0.15) is 31.7 Å². The summed E-state index contributed by atoms with van der Waals surface area (Å²) in [5, 5.41) is 19.4. The first-order valence-electron chi connectivity index (χ1n) is 6.81. The van der Waals surface area contributed by atoms with E-state index >= 15 is 0 Å². The van der Waals surface area contributed by atoms with Crippen LogP contribution in [0.5, 0.6) is 11.5 Å². The summed E-state index contributed by atoms with van der Waals surface area (Å²) in [6, 6.07) is 5.02. The fourth-order valence-electron chi connectivity index (χ4n) is 2.69. The van der Waals surface area contributed by atoms with E-state index in [1.807, 2.05) is 4.90 Å². The first-order chi connectivity index (χ1) is 9.47. The van der Waals surface area contributed by atoms with E-state index < -0.39 is 11.5 Å². The maximum absolute atomic E-state index is 11.6. The van der Waals surface area contributed by atoms with Crippen molar-refractivity contribution in [1.29, 1.82) is 0 Å². The Kier molecular flexibility index (Phi) is 4.18. The number of carbonyl (C=O) groups is 1. The Labute approximate surface area is 118 Å². The van der Waals surface area contributed by atoms with Crippen LogP contribution < -0.4 is 4.74 Å². The quantitative estimate of drug-likeness (QED) is 0.884. The third-order valence-electron chi connectivity index (χ3n) is 4.15. The standard InChI is InChI=1S/C15H21NO4/c1-15(14(18)19)7-3-4-8-16(15)10-11-9-12(20-2)5-6-13(11)17/h5-6,9,17H,3-4,7-8,10H2,1-2H3,(H,18,19). The Morgan fingerprint density at radius 2 is 2.20 bits per heavy atom. The molecule has 2 rings (SSSR count). The number of phenols is 1. The summed E-state index contributed by atoms with van der Waals surface area (Å²) in [5.74, 6) is 0.0236. The van der Waals surface area contributed by atoms with E-state index in [-0.39, 0.29) is 5.75 Å². The largest absolute Gasteiger partial charge is 0.508 e. The zero-order valence-electron chi connectivity index (χ0n) is 11.9. The van der Waals surface area contributed by atoms with Crippen LogP contribution in [-0.2, 0) is 11.3 Å². The predicted molar refractivity (Wildman–Crippen MR) is 75.0 cm³/mol. The van der Waals surface area contributed by atoms with Gasteiger partial charge in [0.15, 0.2) is 0 Å². The number of nitrogens with zero attached hydrogens (tertiary/aromatic N) is 1. The van der Waals surface area contributed by atoms with Gasteiger partial charge in [0.25, 0.3) is 0 Å². The lowest BCUT2D eigenvalue weighted by Crippen LogP contribution is -2.54.